The average molecular weight is 334 g/mol. The fraction of sp³-hybridized carbons (Fsp3) is 0.0769. The van der Waals surface area contributed by atoms with Gasteiger partial charge in [-0.15, -0.1) is 0 Å². The Morgan fingerprint density at radius 1 is 1.06 bits per heavy atom. The van der Waals surface area contributed by atoms with Crippen LogP contribution in [0.2, 0.25) is 5.02 Å². The van der Waals surface area contributed by atoms with Crippen LogP contribution >= 0.6 is 27.5 Å². The van der Waals surface area contributed by atoms with Gasteiger partial charge in [0.1, 0.15) is 23.1 Å². The first-order valence-electron chi connectivity index (χ1n) is 5.07. The van der Waals surface area contributed by atoms with Crippen LogP contribution in [0.25, 0.3) is 0 Å². The molecule has 0 aliphatic heterocycles. The molecule has 0 bridgehead atoms. The lowest BCUT2D eigenvalue weighted by molar-refractivity contribution is 0.465. The maximum absolute atomic E-state index is 13.0. The summed E-state index contributed by atoms with van der Waals surface area (Å²) in [7, 11) is 0. The minimum Gasteiger partial charge on any atom is -0.457 e. The fourth-order valence-electron chi connectivity index (χ4n) is 1.45. The van der Waals surface area contributed by atoms with Crippen molar-refractivity contribution in [2.75, 3.05) is 0 Å². The minimum atomic E-state index is -0.688. The van der Waals surface area contributed by atoms with Crippen LogP contribution < -0.4 is 4.74 Å². The maximum atomic E-state index is 13.0. The van der Waals surface area contributed by atoms with E-state index < -0.39 is 11.6 Å². The van der Waals surface area contributed by atoms with Gasteiger partial charge in [-0.25, -0.2) is 8.78 Å². The van der Waals surface area contributed by atoms with Gasteiger partial charge in [-0.05, 0) is 12.1 Å². The molecule has 0 N–H and O–H groups in total. The summed E-state index contributed by atoms with van der Waals surface area (Å²) in [6.07, 6.45) is 0. The Bertz CT molecular complexity index is 555. The van der Waals surface area contributed by atoms with E-state index in [-0.39, 0.29) is 5.75 Å². The van der Waals surface area contributed by atoms with E-state index in [9.17, 15) is 8.78 Å². The molecule has 2 aromatic rings. The van der Waals surface area contributed by atoms with Crippen molar-refractivity contribution in [3.63, 3.8) is 0 Å². The number of halogens is 4. The van der Waals surface area contributed by atoms with E-state index in [1.807, 2.05) is 0 Å². The highest BCUT2D eigenvalue weighted by atomic mass is 79.9. The van der Waals surface area contributed by atoms with Crippen molar-refractivity contribution in [3.8, 4) is 11.5 Å². The molecule has 0 aliphatic carbocycles. The lowest BCUT2D eigenvalue weighted by Crippen LogP contribution is -1.91. The number of ether oxygens (including phenoxy) is 1. The highest BCUT2D eigenvalue weighted by Crippen LogP contribution is 2.30. The van der Waals surface area contributed by atoms with Gasteiger partial charge in [0.05, 0.1) is 0 Å². The third-order valence-corrected chi connectivity index (χ3v) is 3.08. The largest absolute Gasteiger partial charge is 0.457 e. The Morgan fingerprint density at radius 2 is 1.72 bits per heavy atom. The fourth-order valence-corrected chi connectivity index (χ4v) is 2.07. The molecule has 0 unspecified atom stereocenters. The monoisotopic (exact) mass is 332 g/mol. The quantitative estimate of drug-likeness (QED) is 0.692. The molecular formula is C13H8BrClF2O. The third-order valence-electron chi connectivity index (χ3n) is 2.24. The van der Waals surface area contributed by atoms with Gasteiger partial charge in [-0.1, -0.05) is 33.6 Å². The maximum Gasteiger partial charge on any atom is 0.133 e. The Balaban J connectivity index is 2.35. The summed E-state index contributed by atoms with van der Waals surface area (Å²) in [6, 6.07) is 8.11. The van der Waals surface area contributed by atoms with Gasteiger partial charge < -0.3 is 4.74 Å². The number of alkyl halides is 1. The van der Waals surface area contributed by atoms with Crippen molar-refractivity contribution in [1.29, 1.82) is 0 Å². The first kappa shape index (κ1) is 13.3. The van der Waals surface area contributed by atoms with Crippen LogP contribution in [0.4, 0.5) is 8.78 Å². The second-order valence-electron chi connectivity index (χ2n) is 3.59. The van der Waals surface area contributed by atoms with Gasteiger partial charge in [-0.3, -0.25) is 0 Å². The number of benzene rings is 2. The van der Waals surface area contributed by atoms with Crippen LogP contribution in [0.1, 0.15) is 5.56 Å². The van der Waals surface area contributed by atoms with Crippen molar-refractivity contribution >= 4 is 27.5 Å². The molecule has 2 aromatic carbocycles. The van der Waals surface area contributed by atoms with Crippen LogP contribution in [-0.4, -0.2) is 0 Å². The number of rotatable bonds is 3. The molecule has 0 aromatic heterocycles. The molecular weight excluding hydrogens is 325 g/mol. The van der Waals surface area contributed by atoms with Crippen LogP contribution in [0, 0.1) is 11.6 Å². The normalized spacial score (nSPS) is 10.4. The molecule has 0 saturated carbocycles. The predicted molar refractivity (Wildman–Crippen MR) is 70.5 cm³/mol. The summed E-state index contributed by atoms with van der Waals surface area (Å²) in [5.41, 5.74) is 0.837. The van der Waals surface area contributed by atoms with Gasteiger partial charge in [0, 0.05) is 34.1 Å². The summed E-state index contributed by atoms with van der Waals surface area (Å²) >= 11 is 9.16. The van der Waals surface area contributed by atoms with Crippen molar-refractivity contribution in [1.82, 2.24) is 0 Å². The van der Waals surface area contributed by atoms with Gasteiger partial charge in [0.25, 0.3) is 0 Å². The van der Waals surface area contributed by atoms with E-state index >= 15 is 0 Å². The summed E-state index contributed by atoms with van der Waals surface area (Å²) in [5.74, 6) is -0.818. The standard InChI is InChI=1S/C13H8BrClF2O/c14-7-8-1-2-9(15)3-13(8)18-12-5-10(16)4-11(17)6-12/h1-6H,7H2. The van der Waals surface area contributed by atoms with Crippen LogP contribution in [0.15, 0.2) is 36.4 Å². The van der Waals surface area contributed by atoms with Crippen molar-refractivity contribution in [3.05, 3.63) is 58.6 Å². The smallest absolute Gasteiger partial charge is 0.133 e. The molecule has 0 amide bonds. The van der Waals surface area contributed by atoms with Gasteiger partial charge >= 0.3 is 0 Å². The molecule has 0 fully saturated rings. The van der Waals surface area contributed by atoms with E-state index in [1.165, 1.54) is 0 Å². The summed E-state index contributed by atoms with van der Waals surface area (Å²) < 4.78 is 31.5. The molecule has 1 nitrogen and oxygen atoms in total. The molecule has 2 rings (SSSR count). The zero-order chi connectivity index (χ0) is 13.1. The molecule has 0 atom stereocenters. The summed E-state index contributed by atoms with van der Waals surface area (Å²) in [6.45, 7) is 0. The number of hydrogen-bond donors (Lipinski definition) is 0. The Labute approximate surface area is 116 Å². The van der Waals surface area contributed by atoms with Crippen LogP contribution in [0.5, 0.6) is 11.5 Å². The highest BCUT2D eigenvalue weighted by molar-refractivity contribution is 9.08. The summed E-state index contributed by atoms with van der Waals surface area (Å²) in [4.78, 5) is 0. The SMILES string of the molecule is Fc1cc(F)cc(Oc2cc(Cl)ccc2CBr)c1. The van der Waals surface area contributed by atoms with E-state index in [2.05, 4.69) is 15.9 Å². The third kappa shape index (κ3) is 3.21. The zero-order valence-corrected chi connectivity index (χ0v) is 11.4. The predicted octanol–water partition coefficient (Wildman–Crippen LogP) is 5.31. The first-order valence-corrected chi connectivity index (χ1v) is 6.57. The van der Waals surface area contributed by atoms with Crippen molar-refractivity contribution in [2.24, 2.45) is 0 Å². The second kappa shape index (κ2) is 5.67. The van der Waals surface area contributed by atoms with Crippen molar-refractivity contribution < 1.29 is 13.5 Å². The molecule has 18 heavy (non-hydrogen) atoms. The lowest BCUT2D eigenvalue weighted by Gasteiger charge is -2.10. The minimum absolute atomic E-state index is 0.0944. The highest BCUT2D eigenvalue weighted by Gasteiger charge is 2.07. The Hall–Kier alpha value is -1.13. The van der Waals surface area contributed by atoms with E-state index in [0.29, 0.717) is 16.1 Å². The van der Waals surface area contributed by atoms with Crippen molar-refractivity contribution in [2.45, 2.75) is 5.33 Å². The van der Waals surface area contributed by atoms with E-state index in [1.54, 1.807) is 18.2 Å². The first-order chi connectivity index (χ1) is 8.58. The van der Waals surface area contributed by atoms with Gasteiger partial charge in [-0.2, -0.15) is 0 Å². The average Bonchev–Trinajstić information content (AvgIpc) is 2.27. The zero-order valence-electron chi connectivity index (χ0n) is 9.09. The van der Waals surface area contributed by atoms with E-state index in [0.717, 1.165) is 23.8 Å². The Kier molecular flexibility index (Phi) is 4.19. The molecule has 0 spiro atoms. The molecule has 0 heterocycles. The lowest BCUT2D eigenvalue weighted by atomic mass is 10.2. The molecule has 0 saturated heterocycles. The Morgan fingerprint density at radius 3 is 2.33 bits per heavy atom. The topological polar surface area (TPSA) is 9.23 Å². The van der Waals surface area contributed by atoms with Crippen LogP contribution in [0.3, 0.4) is 0 Å². The van der Waals surface area contributed by atoms with Gasteiger partial charge in [0.2, 0.25) is 0 Å². The molecule has 0 radical (unpaired) electrons. The number of hydrogen-bond acceptors (Lipinski definition) is 1. The van der Waals surface area contributed by atoms with Gasteiger partial charge in [0.15, 0.2) is 0 Å². The molecule has 5 heteroatoms. The molecule has 0 aliphatic rings. The second-order valence-corrected chi connectivity index (χ2v) is 4.59. The molecule has 94 valence electrons. The summed E-state index contributed by atoms with van der Waals surface area (Å²) in [5, 5.41) is 1.05. The van der Waals surface area contributed by atoms with Crippen LogP contribution in [-0.2, 0) is 5.33 Å². The van der Waals surface area contributed by atoms with E-state index in [4.69, 9.17) is 16.3 Å².